The Labute approximate surface area is 167 Å². The van der Waals surface area contributed by atoms with Gasteiger partial charge in [0.05, 0.1) is 18.6 Å². The molecule has 1 N–H and O–H groups in total. The van der Waals surface area contributed by atoms with Gasteiger partial charge in [-0.3, -0.25) is 4.68 Å². The number of halogens is 3. The van der Waals surface area contributed by atoms with E-state index in [1.54, 1.807) is 11.2 Å². The van der Waals surface area contributed by atoms with Crippen LogP contribution in [-0.4, -0.2) is 65.3 Å². The molecule has 1 atom stereocenters. The quantitative estimate of drug-likeness (QED) is 0.696. The molecule has 0 saturated heterocycles. The fourth-order valence-corrected chi connectivity index (χ4v) is 4.20. The highest BCUT2D eigenvalue weighted by atomic mass is 32.2. The Bertz CT molecular complexity index is 806. The number of carboxylic acids is 1. The summed E-state index contributed by atoms with van der Waals surface area (Å²) in [5.41, 5.74) is 2.22. The predicted octanol–water partition coefficient (Wildman–Crippen LogP) is 2.21. The van der Waals surface area contributed by atoms with E-state index in [1.807, 2.05) is 13.1 Å². The minimum Gasteiger partial charge on any atom is -0.475 e. The minimum absolute atomic E-state index is 0.0753. The molecule has 1 saturated carbocycles. The van der Waals surface area contributed by atoms with E-state index < -0.39 is 22.2 Å². The van der Waals surface area contributed by atoms with Crippen LogP contribution in [0.1, 0.15) is 43.9 Å². The normalized spacial score (nSPS) is 20.0. The number of aromatic nitrogens is 2. The molecule has 0 aromatic carbocycles. The average molecular weight is 441 g/mol. The van der Waals surface area contributed by atoms with Crippen molar-refractivity contribution >= 4 is 16.0 Å². The van der Waals surface area contributed by atoms with Crippen molar-refractivity contribution in [3.8, 4) is 0 Å². The fourth-order valence-electron chi connectivity index (χ4n) is 3.09. The van der Waals surface area contributed by atoms with Crippen molar-refractivity contribution in [3.05, 3.63) is 17.5 Å². The molecule has 1 aliphatic carbocycles. The lowest BCUT2D eigenvalue weighted by molar-refractivity contribution is -0.192. The molecule has 2 heterocycles. The van der Waals surface area contributed by atoms with Crippen LogP contribution in [0, 0.1) is 5.92 Å². The number of alkyl halides is 3. The van der Waals surface area contributed by atoms with Gasteiger partial charge in [-0.1, -0.05) is 0 Å². The van der Waals surface area contributed by atoms with E-state index in [1.165, 1.54) is 18.5 Å². The van der Waals surface area contributed by atoms with Crippen LogP contribution in [0.3, 0.4) is 0 Å². The van der Waals surface area contributed by atoms with Crippen molar-refractivity contribution in [1.29, 1.82) is 0 Å². The molecule has 0 amide bonds. The average Bonchev–Trinajstić information content (AvgIpc) is 3.37. The number of carboxylic acid groups (broad SMARTS) is 1. The molecule has 1 unspecified atom stereocenters. The molecule has 2 aliphatic rings. The standard InChI is InChI=1S/C15H25N3O3S.C2HF3O2/c1-3-21-11-14-10-17(22(19,20)4-2)9-13-7-16-18(15(13)14)8-12-5-6-12;3-2(4,5)1(6)7/h7,12,14H,3-6,8-11H2,1-2H3;(H,6,7). The second kappa shape index (κ2) is 9.43. The minimum atomic E-state index is -5.08. The summed E-state index contributed by atoms with van der Waals surface area (Å²) < 4.78 is 65.5. The summed E-state index contributed by atoms with van der Waals surface area (Å²) >= 11 is 0. The number of sulfonamides is 1. The van der Waals surface area contributed by atoms with E-state index >= 15 is 0 Å². The molecule has 8 nitrogen and oxygen atoms in total. The van der Waals surface area contributed by atoms with Crippen molar-refractivity contribution in [1.82, 2.24) is 14.1 Å². The first-order chi connectivity index (χ1) is 13.5. The molecule has 1 aromatic rings. The number of hydrogen-bond acceptors (Lipinski definition) is 5. The Morgan fingerprint density at radius 1 is 1.34 bits per heavy atom. The lowest BCUT2D eigenvalue weighted by Gasteiger charge is -2.32. The maximum atomic E-state index is 12.2. The van der Waals surface area contributed by atoms with Crippen molar-refractivity contribution in [3.63, 3.8) is 0 Å². The Kier molecular flexibility index (Phi) is 7.68. The highest BCUT2D eigenvalue weighted by Crippen LogP contribution is 2.35. The number of ether oxygens (including phenoxy) is 1. The maximum Gasteiger partial charge on any atom is 0.490 e. The monoisotopic (exact) mass is 441 g/mol. The number of nitrogens with zero attached hydrogens (tertiary/aromatic N) is 3. The Hall–Kier alpha value is -1.66. The van der Waals surface area contributed by atoms with Crippen molar-refractivity contribution in [2.45, 2.75) is 51.9 Å². The van der Waals surface area contributed by atoms with Crippen LogP contribution in [0.4, 0.5) is 13.2 Å². The first-order valence-corrected chi connectivity index (χ1v) is 11.0. The number of fused-ring (bicyclic) bond motifs is 1. The van der Waals surface area contributed by atoms with Crippen LogP contribution >= 0.6 is 0 Å². The van der Waals surface area contributed by atoms with Crippen molar-refractivity contribution < 1.29 is 36.2 Å². The third kappa shape index (κ3) is 6.41. The highest BCUT2D eigenvalue weighted by molar-refractivity contribution is 7.89. The molecule has 12 heteroatoms. The summed E-state index contributed by atoms with van der Waals surface area (Å²) in [5.74, 6) is -1.80. The highest BCUT2D eigenvalue weighted by Gasteiger charge is 2.38. The second-order valence-corrected chi connectivity index (χ2v) is 9.29. The summed E-state index contributed by atoms with van der Waals surface area (Å²) in [7, 11) is -3.18. The van der Waals surface area contributed by atoms with Gasteiger partial charge in [-0.2, -0.15) is 22.6 Å². The van der Waals surface area contributed by atoms with Gasteiger partial charge in [-0.05, 0) is 32.6 Å². The summed E-state index contributed by atoms with van der Waals surface area (Å²) in [4.78, 5) is 8.90. The molecular formula is C17H26F3N3O5S. The number of carbonyl (C=O) groups is 1. The van der Waals surface area contributed by atoms with E-state index in [0.29, 0.717) is 26.3 Å². The lowest BCUT2D eigenvalue weighted by Crippen LogP contribution is -2.40. The fraction of sp³-hybridized carbons (Fsp3) is 0.765. The lowest BCUT2D eigenvalue weighted by atomic mass is 9.98. The van der Waals surface area contributed by atoms with Crippen LogP contribution in [0.5, 0.6) is 0 Å². The van der Waals surface area contributed by atoms with Gasteiger partial charge in [0.25, 0.3) is 0 Å². The molecule has 29 heavy (non-hydrogen) atoms. The molecular weight excluding hydrogens is 415 g/mol. The number of hydrogen-bond donors (Lipinski definition) is 1. The molecule has 3 rings (SSSR count). The zero-order chi connectivity index (χ0) is 21.8. The van der Waals surface area contributed by atoms with Crippen LogP contribution in [0.25, 0.3) is 0 Å². The van der Waals surface area contributed by atoms with Crippen LogP contribution in [0.15, 0.2) is 6.20 Å². The number of rotatable bonds is 7. The third-order valence-electron chi connectivity index (χ3n) is 4.77. The third-order valence-corrected chi connectivity index (χ3v) is 6.56. The van der Waals surface area contributed by atoms with Crippen LogP contribution in [-0.2, 0) is 32.6 Å². The topological polar surface area (TPSA) is 102 Å². The Morgan fingerprint density at radius 2 is 1.97 bits per heavy atom. The Morgan fingerprint density at radius 3 is 2.45 bits per heavy atom. The van der Waals surface area contributed by atoms with E-state index in [9.17, 15) is 21.6 Å². The van der Waals surface area contributed by atoms with Gasteiger partial charge in [-0.15, -0.1) is 0 Å². The zero-order valence-corrected chi connectivity index (χ0v) is 17.2. The van der Waals surface area contributed by atoms with Crippen molar-refractivity contribution in [2.24, 2.45) is 5.92 Å². The predicted molar refractivity (Wildman–Crippen MR) is 97.7 cm³/mol. The first-order valence-electron chi connectivity index (χ1n) is 9.39. The van der Waals surface area contributed by atoms with Gasteiger partial charge >= 0.3 is 12.1 Å². The largest absolute Gasteiger partial charge is 0.490 e. The van der Waals surface area contributed by atoms with Gasteiger partial charge in [0.1, 0.15) is 0 Å². The van der Waals surface area contributed by atoms with Crippen LogP contribution < -0.4 is 0 Å². The summed E-state index contributed by atoms with van der Waals surface area (Å²) in [6.45, 7) is 6.75. The van der Waals surface area contributed by atoms with E-state index in [4.69, 9.17) is 14.6 Å². The summed E-state index contributed by atoms with van der Waals surface area (Å²) in [6, 6.07) is 0. The molecule has 1 aromatic heterocycles. The summed E-state index contributed by atoms with van der Waals surface area (Å²) in [5, 5.41) is 11.6. The molecule has 0 bridgehead atoms. The number of aliphatic carboxylic acids is 1. The van der Waals surface area contributed by atoms with Gasteiger partial charge in [0.15, 0.2) is 0 Å². The Balaban J connectivity index is 0.000000370. The van der Waals surface area contributed by atoms with Crippen LogP contribution in [0.2, 0.25) is 0 Å². The van der Waals surface area contributed by atoms with Gasteiger partial charge in [-0.25, -0.2) is 13.2 Å². The first kappa shape index (κ1) is 23.6. The maximum absolute atomic E-state index is 12.2. The van der Waals surface area contributed by atoms with E-state index in [-0.39, 0.29) is 11.7 Å². The van der Waals surface area contributed by atoms with Gasteiger partial charge in [0, 0.05) is 43.4 Å². The van der Waals surface area contributed by atoms with Gasteiger partial charge < -0.3 is 9.84 Å². The van der Waals surface area contributed by atoms with E-state index in [0.717, 1.165) is 18.0 Å². The molecule has 0 spiro atoms. The molecule has 0 radical (unpaired) electrons. The van der Waals surface area contributed by atoms with Gasteiger partial charge in [0.2, 0.25) is 10.0 Å². The SMILES string of the molecule is CCOCC1CN(S(=O)(=O)CC)Cc2cnn(CC3CC3)c21.O=C(O)C(F)(F)F. The summed E-state index contributed by atoms with van der Waals surface area (Å²) in [6.07, 6.45) is -0.684. The molecule has 166 valence electrons. The smallest absolute Gasteiger partial charge is 0.475 e. The molecule has 1 aliphatic heterocycles. The van der Waals surface area contributed by atoms with E-state index in [2.05, 4.69) is 9.78 Å². The second-order valence-electron chi connectivity index (χ2n) is 7.03. The molecule has 1 fully saturated rings. The van der Waals surface area contributed by atoms with Crippen molar-refractivity contribution in [2.75, 3.05) is 25.5 Å². The zero-order valence-electron chi connectivity index (χ0n) is 16.4.